The van der Waals surface area contributed by atoms with Gasteiger partial charge in [-0.2, -0.15) is 0 Å². The van der Waals surface area contributed by atoms with Gasteiger partial charge in [0.2, 0.25) is 5.43 Å². The zero-order valence-corrected chi connectivity index (χ0v) is 16.8. The van der Waals surface area contributed by atoms with Crippen LogP contribution >= 0.6 is 0 Å². The molecule has 2 N–H and O–H groups in total. The molecule has 0 saturated carbocycles. The SMILES string of the molecule is CN1CC2(CCOCC2)n2cc(C(=O)NCc3ccc(F)cc3F)c(=O)c(O)c2C1=O. The quantitative estimate of drug-likeness (QED) is 0.761. The van der Waals surface area contributed by atoms with Gasteiger partial charge in [-0.25, -0.2) is 8.78 Å². The van der Waals surface area contributed by atoms with E-state index in [1.165, 1.54) is 21.7 Å². The molecule has 0 radical (unpaired) electrons. The second-order valence-corrected chi connectivity index (χ2v) is 7.86. The zero-order valence-electron chi connectivity index (χ0n) is 16.8. The molecule has 164 valence electrons. The fourth-order valence-corrected chi connectivity index (χ4v) is 4.20. The monoisotopic (exact) mass is 433 g/mol. The average Bonchev–Trinajstić information content (AvgIpc) is 2.74. The van der Waals surface area contributed by atoms with Crippen LogP contribution in [0.1, 0.15) is 39.3 Å². The second kappa shape index (κ2) is 7.77. The maximum absolute atomic E-state index is 13.8. The van der Waals surface area contributed by atoms with E-state index in [-0.39, 0.29) is 23.4 Å². The Morgan fingerprint density at radius 2 is 1.97 bits per heavy atom. The lowest BCUT2D eigenvalue weighted by Gasteiger charge is -2.46. The number of likely N-dealkylation sites (N-methyl/N-ethyl adjacent to an activating group) is 1. The summed E-state index contributed by atoms with van der Waals surface area (Å²) in [4.78, 5) is 39.5. The summed E-state index contributed by atoms with van der Waals surface area (Å²) in [6.45, 7) is 0.916. The van der Waals surface area contributed by atoms with E-state index in [0.717, 1.165) is 6.07 Å². The Morgan fingerprint density at radius 3 is 2.65 bits per heavy atom. The van der Waals surface area contributed by atoms with Gasteiger partial charge in [0, 0.05) is 51.2 Å². The van der Waals surface area contributed by atoms with Crippen molar-refractivity contribution < 1.29 is 28.2 Å². The van der Waals surface area contributed by atoms with Gasteiger partial charge in [-0.1, -0.05) is 6.07 Å². The number of aromatic hydroxyl groups is 1. The highest BCUT2D eigenvalue weighted by atomic mass is 19.1. The highest BCUT2D eigenvalue weighted by molar-refractivity contribution is 5.99. The Bertz CT molecular complexity index is 1120. The first kappa shape index (κ1) is 21.0. The van der Waals surface area contributed by atoms with Crippen LogP contribution in [0, 0.1) is 11.6 Å². The van der Waals surface area contributed by atoms with Crippen molar-refractivity contribution in [2.45, 2.75) is 24.9 Å². The van der Waals surface area contributed by atoms with E-state index in [1.807, 2.05) is 0 Å². The topological polar surface area (TPSA) is 101 Å². The Morgan fingerprint density at radius 1 is 1.26 bits per heavy atom. The number of hydrogen-bond donors (Lipinski definition) is 2. The molecule has 1 aromatic carbocycles. The molecule has 10 heteroatoms. The largest absolute Gasteiger partial charge is 0.503 e. The van der Waals surface area contributed by atoms with Crippen LogP contribution < -0.4 is 10.7 Å². The summed E-state index contributed by atoms with van der Waals surface area (Å²) < 4.78 is 33.8. The first-order valence-electron chi connectivity index (χ1n) is 9.78. The van der Waals surface area contributed by atoms with Crippen molar-refractivity contribution in [3.05, 3.63) is 63.1 Å². The molecule has 1 saturated heterocycles. The third-order valence-corrected chi connectivity index (χ3v) is 5.90. The molecule has 2 aromatic rings. The molecule has 2 aliphatic heterocycles. The van der Waals surface area contributed by atoms with E-state index >= 15 is 0 Å². The van der Waals surface area contributed by atoms with Crippen LogP contribution in [0.3, 0.4) is 0 Å². The number of fused-ring (bicyclic) bond motifs is 2. The molecule has 0 aliphatic carbocycles. The number of rotatable bonds is 3. The summed E-state index contributed by atoms with van der Waals surface area (Å²) in [5.74, 6) is -3.75. The lowest BCUT2D eigenvalue weighted by molar-refractivity contribution is -0.00436. The molecule has 0 bridgehead atoms. The average molecular weight is 433 g/mol. The summed E-state index contributed by atoms with van der Waals surface area (Å²) >= 11 is 0. The number of halogens is 2. The van der Waals surface area contributed by atoms with Gasteiger partial charge in [-0.05, 0) is 18.9 Å². The number of carbonyl (C=O) groups excluding carboxylic acids is 2. The van der Waals surface area contributed by atoms with E-state index in [1.54, 1.807) is 7.05 Å². The van der Waals surface area contributed by atoms with E-state index in [4.69, 9.17) is 4.74 Å². The molecule has 4 rings (SSSR count). The van der Waals surface area contributed by atoms with Crippen molar-refractivity contribution >= 4 is 11.8 Å². The molecule has 1 fully saturated rings. The Labute approximate surface area is 176 Å². The maximum atomic E-state index is 13.8. The van der Waals surface area contributed by atoms with Gasteiger partial charge >= 0.3 is 0 Å². The van der Waals surface area contributed by atoms with Gasteiger partial charge in [0.05, 0.1) is 5.54 Å². The third-order valence-electron chi connectivity index (χ3n) is 5.90. The number of hydrogen-bond acceptors (Lipinski definition) is 5. The fourth-order valence-electron chi connectivity index (χ4n) is 4.20. The van der Waals surface area contributed by atoms with Gasteiger partial charge in [-0.3, -0.25) is 14.4 Å². The minimum Gasteiger partial charge on any atom is -0.503 e. The molecule has 2 amide bonds. The summed E-state index contributed by atoms with van der Waals surface area (Å²) in [6, 6.07) is 2.94. The minimum absolute atomic E-state index is 0.0368. The molecule has 0 unspecified atom stereocenters. The maximum Gasteiger partial charge on any atom is 0.274 e. The van der Waals surface area contributed by atoms with Crippen LogP contribution in [0.4, 0.5) is 8.78 Å². The van der Waals surface area contributed by atoms with E-state index in [2.05, 4.69) is 5.32 Å². The Hall–Kier alpha value is -3.27. The fraction of sp³-hybridized carbons (Fsp3) is 0.381. The summed E-state index contributed by atoms with van der Waals surface area (Å²) in [7, 11) is 1.59. The van der Waals surface area contributed by atoms with Crippen LogP contribution in [0.25, 0.3) is 0 Å². The van der Waals surface area contributed by atoms with Gasteiger partial charge in [0.1, 0.15) is 17.2 Å². The number of pyridine rings is 1. The number of carbonyl (C=O) groups is 2. The minimum atomic E-state index is -0.991. The van der Waals surface area contributed by atoms with Gasteiger partial charge in [0.25, 0.3) is 11.8 Å². The van der Waals surface area contributed by atoms with E-state index in [9.17, 15) is 28.3 Å². The Kier molecular flexibility index (Phi) is 5.26. The summed E-state index contributed by atoms with van der Waals surface area (Å²) in [5.41, 5.74) is -2.11. The van der Waals surface area contributed by atoms with Crippen molar-refractivity contribution in [2.24, 2.45) is 0 Å². The zero-order chi connectivity index (χ0) is 22.3. The molecular formula is C21H21F2N3O5. The predicted molar refractivity (Wildman–Crippen MR) is 105 cm³/mol. The Balaban J connectivity index is 1.72. The van der Waals surface area contributed by atoms with Gasteiger partial charge < -0.3 is 24.6 Å². The van der Waals surface area contributed by atoms with Crippen molar-refractivity contribution in [1.29, 1.82) is 0 Å². The molecule has 31 heavy (non-hydrogen) atoms. The number of amides is 2. The molecule has 1 aromatic heterocycles. The molecule has 1 spiro atoms. The summed E-state index contributed by atoms with van der Waals surface area (Å²) in [6.07, 6.45) is 2.34. The molecule has 2 aliphatic rings. The molecule has 0 atom stereocenters. The first-order valence-corrected chi connectivity index (χ1v) is 9.78. The standard InChI is InChI=1S/C21H21F2N3O5/c1-25-11-21(4-6-31-7-5-21)26-10-14(17(27)18(28)16(26)20(25)30)19(29)24-9-12-2-3-13(22)8-15(12)23/h2-3,8,10,28H,4-7,9,11H2,1H3,(H,24,29). The normalized spacial score (nSPS) is 17.5. The number of nitrogens with one attached hydrogen (secondary N) is 1. The van der Waals surface area contributed by atoms with Crippen molar-refractivity contribution in [2.75, 3.05) is 26.8 Å². The van der Waals surface area contributed by atoms with Crippen LogP contribution in [0.2, 0.25) is 0 Å². The van der Waals surface area contributed by atoms with Gasteiger partial charge in [-0.15, -0.1) is 0 Å². The van der Waals surface area contributed by atoms with E-state index < -0.39 is 40.2 Å². The number of ether oxygens (including phenoxy) is 1. The smallest absolute Gasteiger partial charge is 0.274 e. The van der Waals surface area contributed by atoms with E-state index in [0.29, 0.717) is 38.7 Å². The third kappa shape index (κ3) is 3.56. The molecule has 8 nitrogen and oxygen atoms in total. The van der Waals surface area contributed by atoms with Gasteiger partial charge in [0.15, 0.2) is 11.4 Å². The lowest BCUT2D eigenvalue weighted by atomic mass is 9.86. The lowest BCUT2D eigenvalue weighted by Crippen LogP contribution is -2.55. The number of benzene rings is 1. The van der Waals surface area contributed by atoms with Crippen LogP contribution in [-0.4, -0.2) is 53.2 Å². The van der Waals surface area contributed by atoms with Crippen molar-refractivity contribution in [3.63, 3.8) is 0 Å². The van der Waals surface area contributed by atoms with Crippen molar-refractivity contribution in [1.82, 2.24) is 14.8 Å². The van der Waals surface area contributed by atoms with Crippen LogP contribution in [0.15, 0.2) is 29.2 Å². The van der Waals surface area contributed by atoms with Crippen molar-refractivity contribution in [3.8, 4) is 5.75 Å². The molecule has 3 heterocycles. The highest BCUT2D eigenvalue weighted by Gasteiger charge is 2.44. The number of aromatic nitrogens is 1. The highest BCUT2D eigenvalue weighted by Crippen LogP contribution is 2.37. The number of nitrogens with zero attached hydrogens (tertiary/aromatic N) is 2. The van der Waals surface area contributed by atoms with Crippen LogP contribution in [-0.2, 0) is 16.8 Å². The van der Waals surface area contributed by atoms with Crippen LogP contribution in [0.5, 0.6) is 5.75 Å². The second-order valence-electron chi connectivity index (χ2n) is 7.86. The predicted octanol–water partition coefficient (Wildman–Crippen LogP) is 1.35. The molecular weight excluding hydrogens is 412 g/mol. The summed E-state index contributed by atoms with van der Waals surface area (Å²) in [5, 5.41) is 13.0. The first-order chi connectivity index (χ1) is 14.7.